The van der Waals surface area contributed by atoms with Crippen molar-refractivity contribution < 1.29 is 14.3 Å². The van der Waals surface area contributed by atoms with Gasteiger partial charge in [0.2, 0.25) is 17.7 Å². The molecule has 0 radical (unpaired) electrons. The van der Waals surface area contributed by atoms with E-state index in [2.05, 4.69) is 15.6 Å². The summed E-state index contributed by atoms with van der Waals surface area (Å²) in [6.45, 7) is 1.42. The molecule has 0 aromatic carbocycles. The Morgan fingerprint density at radius 2 is 2.05 bits per heavy atom. The number of carbonyl (C=O) groups is 2. The van der Waals surface area contributed by atoms with Gasteiger partial charge in [-0.25, -0.2) is 4.98 Å². The van der Waals surface area contributed by atoms with Gasteiger partial charge in [-0.3, -0.25) is 9.59 Å². The Morgan fingerprint density at radius 1 is 1.32 bits per heavy atom. The Bertz CT molecular complexity index is 513. The van der Waals surface area contributed by atoms with Crippen molar-refractivity contribution in [1.82, 2.24) is 15.6 Å². The normalized spacial score (nSPS) is 21.0. The lowest BCUT2D eigenvalue weighted by molar-refractivity contribution is -0.125. The minimum Gasteiger partial charge on any atom is -0.474 e. The Hall–Kier alpha value is -1.82. The van der Waals surface area contributed by atoms with Gasteiger partial charge < -0.3 is 15.4 Å². The monoisotopic (exact) mass is 325 g/mol. The third-order valence-electron chi connectivity index (χ3n) is 3.52. The molecule has 1 heterocycles. The van der Waals surface area contributed by atoms with Gasteiger partial charge in [-0.1, -0.05) is 11.6 Å². The second-order valence-electron chi connectivity index (χ2n) is 5.38. The molecule has 1 aliphatic carbocycles. The van der Waals surface area contributed by atoms with Gasteiger partial charge in [-0.15, -0.1) is 0 Å². The number of halogens is 1. The number of hydrogen-bond acceptors (Lipinski definition) is 4. The lowest BCUT2D eigenvalue weighted by Crippen LogP contribution is -2.44. The lowest BCUT2D eigenvalue weighted by atomic mass is 9.93. The number of amides is 2. The highest BCUT2D eigenvalue weighted by molar-refractivity contribution is 6.30. The first-order valence-electron chi connectivity index (χ1n) is 7.35. The molecule has 1 fully saturated rings. The van der Waals surface area contributed by atoms with Crippen LogP contribution in [-0.4, -0.2) is 35.5 Å². The highest BCUT2D eigenvalue weighted by Gasteiger charge is 2.23. The molecule has 0 unspecified atom stereocenters. The van der Waals surface area contributed by atoms with Crippen LogP contribution in [0.15, 0.2) is 18.3 Å². The summed E-state index contributed by atoms with van der Waals surface area (Å²) in [5, 5.41) is 5.99. The fourth-order valence-electron chi connectivity index (χ4n) is 2.41. The third kappa shape index (κ3) is 5.52. The van der Waals surface area contributed by atoms with Crippen molar-refractivity contribution in [2.75, 3.05) is 6.54 Å². The molecular weight excluding hydrogens is 306 g/mol. The zero-order valence-corrected chi connectivity index (χ0v) is 13.2. The van der Waals surface area contributed by atoms with Gasteiger partial charge in [0.1, 0.15) is 6.10 Å². The molecule has 0 spiro atoms. The highest BCUT2D eigenvalue weighted by atomic mass is 35.5. The molecule has 7 heteroatoms. The Balaban J connectivity index is 1.70. The Morgan fingerprint density at radius 3 is 2.64 bits per heavy atom. The molecule has 0 saturated heterocycles. The average molecular weight is 326 g/mol. The standard InChI is InChI=1S/C15H20ClN3O3/c1-10(20)17-9-14(21)19-12-3-5-13(6-4-12)22-15-7-2-11(16)8-18-15/h2,7-8,12-13H,3-6,9H2,1H3,(H,17,20)(H,19,21). The average Bonchev–Trinajstić information content (AvgIpc) is 2.49. The lowest BCUT2D eigenvalue weighted by Gasteiger charge is -2.29. The van der Waals surface area contributed by atoms with E-state index in [1.54, 1.807) is 18.3 Å². The molecule has 0 atom stereocenters. The van der Waals surface area contributed by atoms with Gasteiger partial charge in [0.05, 0.1) is 11.6 Å². The third-order valence-corrected chi connectivity index (χ3v) is 3.75. The number of aromatic nitrogens is 1. The van der Waals surface area contributed by atoms with Crippen LogP contribution in [-0.2, 0) is 9.59 Å². The number of nitrogens with one attached hydrogen (secondary N) is 2. The van der Waals surface area contributed by atoms with Gasteiger partial charge in [0.15, 0.2) is 0 Å². The van der Waals surface area contributed by atoms with Crippen molar-refractivity contribution in [3.05, 3.63) is 23.4 Å². The molecule has 2 amide bonds. The molecule has 1 aliphatic rings. The van der Waals surface area contributed by atoms with E-state index in [0.29, 0.717) is 10.9 Å². The van der Waals surface area contributed by atoms with E-state index in [9.17, 15) is 9.59 Å². The zero-order chi connectivity index (χ0) is 15.9. The van der Waals surface area contributed by atoms with E-state index in [4.69, 9.17) is 16.3 Å². The highest BCUT2D eigenvalue weighted by Crippen LogP contribution is 2.23. The first kappa shape index (κ1) is 16.5. The van der Waals surface area contributed by atoms with Crippen LogP contribution in [0.5, 0.6) is 5.88 Å². The summed E-state index contributed by atoms with van der Waals surface area (Å²) in [4.78, 5) is 26.5. The summed E-state index contributed by atoms with van der Waals surface area (Å²) in [6, 6.07) is 3.64. The van der Waals surface area contributed by atoms with Crippen molar-refractivity contribution in [3.63, 3.8) is 0 Å². The van der Waals surface area contributed by atoms with Crippen molar-refractivity contribution in [1.29, 1.82) is 0 Å². The van der Waals surface area contributed by atoms with Crippen molar-refractivity contribution in [3.8, 4) is 5.88 Å². The van der Waals surface area contributed by atoms with Crippen LogP contribution in [0.3, 0.4) is 0 Å². The van der Waals surface area contributed by atoms with E-state index in [-0.39, 0.29) is 30.5 Å². The molecule has 1 saturated carbocycles. The number of ether oxygens (including phenoxy) is 1. The second kappa shape index (κ2) is 7.98. The molecule has 0 aliphatic heterocycles. The van der Waals surface area contributed by atoms with Gasteiger partial charge in [0, 0.05) is 25.2 Å². The van der Waals surface area contributed by atoms with Crippen LogP contribution in [0.25, 0.3) is 0 Å². The first-order valence-corrected chi connectivity index (χ1v) is 7.72. The maximum Gasteiger partial charge on any atom is 0.239 e. The Kier molecular flexibility index (Phi) is 6.00. The number of nitrogens with zero attached hydrogens (tertiary/aromatic N) is 1. The van der Waals surface area contributed by atoms with E-state index >= 15 is 0 Å². The van der Waals surface area contributed by atoms with Crippen LogP contribution < -0.4 is 15.4 Å². The molecule has 2 rings (SSSR count). The molecule has 1 aromatic heterocycles. The number of rotatable bonds is 5. The van der Waals surface area contributed by atoms with Crippen LogP contribution in [0.1, 0.15) is 32.6 Å². The topological polar surface area (TPSA) is 80.3 Å². The number of hydrogen-bond donors (Lipinski definition) is 2. The van der Waals surface area contributed by atoms with Gasteiger partial charge in [-0.05, 0) is 31.7 Å². The maximum absolute atomic E-state index is 11.6. The SMILES string of the molecule is CC(=O)NCC(=O)NC1CCC(Oc2ccc(Cl)cn2)CC1. The first-order chi connectivity index (χ1) is 10.5. The molecule has 120 valence electrons. The van der Waals surface area contributed by atoms with Crippen LogP contribution in [0, 0.1) is 0 Å². The maximum atomic E-state index is 11.6. The molecule has 6 nitrogen and oxygen atoms in total. The van der Waals surface area contributed by atoms with Gasteiger partial charge in [-0.2, -0.15) is 0 Å². The summed E-state index contributed by atoms with van der Waals surface area (Å²) in [7, 11) is 0. The van der Waals surface area contributed by atoms with Crippen LogP contribution in [0.2, 0.25) is 5.02 Å². The summed E-state index contributed by atoms with van der Waals surface area (Å²) < 4.78 is 5.80. The predicted octanol–water partition coefficient (Wildman–Crippen LogP) is 1.68. The largest absolute Gasteiger partial charge is 0.474 e. The smallest absolute Gasteiger partial charge is 0.239 e. The summed E-state index contributed by atoms with van der Waals surface area (Å²) in [6.07, 6.45) is 5.08. The van der Waals surface area contributed by atoms with Crippen LogP contribution >= 0.6 is 11.6 Å². The minimum atomic E-state index is -0.206. The van der Waals surface area contributed by atoms with E-state index in [1.807, 2.05) is 0 Å². The zero-order valence-electron chi connectivity index (χ0n) is 12.5. The van der Waals surface area contributed by atoms with Gasteiger partial charge in [0.25, 0.3) is 0 Å². The van der Waals surface area contributed by atoms with Crippen molar-refractivity contribution in [2.45, 2.75) is 44.8 Å². The predicted molar refractivity (Wildman–Crippen MR) is 82.7 cm³/mol. The Labute approximate surface area is 134 Å². The van der Waals surface area contributed by atoms with Crippen molar-refractivity contribution >= 4 is 23.4 Å². The molecule has 1 aromatic rings. The van der Waals surface area contributed by atoms with Crippen molar-refractivity contribution in [2.24, 2.45) is 0 Å². The summed E-state index contributed by atoms with van der Waals surface area (Å²) in [5.41, 5.74) is 0. The van der Waals surface area contributed by atoms with Gasteiger partial charge >= 0.3 is 0 Å². The number of pyridine rings is 1. The minimum absolute atomic E-state index is 0.0282. The van der Waals surface area contributed by atoms with E-state index in [0.717, 1.165) is 25.7 Å². The summed E-state index contributed by atoms with van der Waals surface area (Å²) >= 11 is 5.78. The van der Waals surface area contributed by atoms with E-state index < -0.39 is 0 Å². The molecule has 0 bridgehead atoms. The van der Waals surface area contributed by atoms with E-state index in [1.165, 1.54) is 6.92 Å². The molecular formula is C15H20ClN3O3. The fourth-order valence-corrected chi connectivity index (χ4v) is 2.52. The molecule has 2 N–H and O–H groups in total. The fraction of sp³-hybridized carbons (Fsp3) is 0.533. The second-order valence-corrected chi connectivity index (χ2v) is 5.82. The quantitative estimate of drug-likeness (QED) is 0.863. The summed E-state index contributed by atoms with van der Waals surface area (Å²) in [5.74, 6) is 0.212. The molecule has 22 heavy (non-hydrogen) atoms. The van der Waals surface area contributed by atoms with Crippen LogP contribution in [0.4, 0.5) is 0 Å². The number of carbonyl (C=O) groups excluding carboxylic acids is 2.